The van der Waals surface area contributed by atoms with Gasteiger partial charge in [0.2, 0.25) is 0 Å². The Morgan fingerprint density at radius 1 is 1.12 bits per heavy atom. The third-order valence-corrected chi connectivity index (χ3v) is 3.20. The molecule has 0 saturated heterocycles. The van der Waals surface area contributed by atoms with Crippen LogP contribution in [0.4, 0.5) is 14.6 Å². The number of alkyl halides is 2. The number of ether oxygens (including phenoxy) is 1. The number of hydrogen-bond donors (Lipinski definition) is 1. The fourth-order valence-electron chi connectivity index (χ4n) is 2.01. The number of pyridine rings is 2. The highest BCUT2D eigenvalue weighted by Gasteiger charge is 2.17. The average Bonchev–Trinajstić information content (AvgIpc) is 2.64. The van der Waals surface area contributed by atoms with Crippen LogP contribution < -0.4 is 10.1 Å². The van der Waals surface area contributed by atoms with Crippen LogP contribution in [0.25, 0.3) is 0 Å². The Balaban J connectivity index is 1.87. The van der Waals surface area contributed by atoms with Crippen LogP contribution in [-0.4, -0.2) is 25.8 Å². The van der Waals surface area contributed by atoms with Gasteiger partial charge in [-0.05, 0) is 18.6 Å². The van der Waals surface area contributed by atoms with Crippen LogP contribution in [0.15, 0.2) is 49.2 Å². The molecular formula is C17H13F2N5O2. The first-order chi connectivity index (χ1) is 12.5. The second-order valence-electron chi connectivity index (χ2n) is 5.26. The maximum Gasteiger partial charge on any atom is 0.280 e. The SMILES string of the molecule is Cc1ccc(NC(=O)c2cc(Oc3cncnc3)cc(C(F)F)n2)nc1. The van der Waals surface area contributed by atoms with Crippen molar-refractivity contribution in [2.24, 2.45) is 0 Å². The molecule has 132 valence electrons. The van der Waals surface area contributed by atoms with E-state index in [0.717, 1.165) is 11.6 Å². The molecule has 3 aromatic rings. The fourth-order valence-corrected chi connectivity index (χ4v) is 2.01. The number of aryl methyl sites for hydroxylation is 1. The molecule has 0 spiro atoms. The smallest absolute Gasteiger partial charge is 0.280 e. The van der Waals surface area contributed by atoms with Gasteiger partial charge in [0.25, 0.3) is 12.3 Å². The van der Waals surface area contributed by atoms with E-state index in [1.54, 1.807) is 18.3 Å². The molecule has 0 radical (unpaired) electrons. The Hall–Kier alpha value is -3.49. The Labute approximate surface area is 147 Å². The number of carbonyl (C=O) groups is 1. The first kappa shape index (κ1) is 17.3. The zero-order chi connectivity index (χ0) is 18.5. The van der Waals surface area contributed by atoms with Gasteiger partial charge in [-0.2, -0.15) is 0 Å². The van der Waals surface area contributed by atoms with Crippen LogP contribution >= 0.6 is 0 Å². The molecular weight excluding hydrogens is 344 g/mol. The summed E-state index contributed by atoms with van der Waals surface area (Å²) in [5.74, 6) is -0.139. The number of hydrogen-bond acceptors (Lipinski definition) is 6. The van der Waals surface area contributed by atoms with Crippen molar-refractivity contribution in [2.45, 2.75) is 13.3 Å². The minimum Gasteiger partial charge on any atom is -0.454 e. The van der Waals surface area contributed by atoms with Crippen molar-refractivity contribution < 1.29 is 18.3 Å². The minimum atomic E-state index is -2.87. The molecule has 3 heterocycles. The lowest BCUT2D eigenvalue weighted by Crippen LogP contribution is -2.15. The van der Waals surface area contributed by atoms with Gasteiger partial charge in [0, 0.05) is 18.3 Å². The number of rotatable bonds is 5. The number of amides is 1. The second kappa shape index (κ2) is 7.60. The lowest BCUT2D eigenvalue weighted by molar-refractivity contribution is 0.101. The van der Waals surface area contributed by atoms with Gasteiger partial charge < -0.3 is 10.1 Å². The van der Waals surface area contributed by atoms with Gasteiger partial charge in [-0.25, -0.2) is 28.7 Å². The van der Waals surface area contributed by atoms with Gasteiger partial charge in [-0.1, -0.05) is 6.07 Å². The summed E-state index contributed by atoms with van der Waals surface area (Å²) < 4.78 is 31.7. The molecule has 0 aliphatic heterocycles. The summed E-state index contributed by atoms with van der Waals surface area (Å²) >= 11 is 0. The molecule has 0 aromatic carbocycles. The summed E-state index contributed by atoms with van der Waals surface area (Å²) in [4.78, 5) is 27.6. The van der Waals surface area contributed by atoms with Crippen molar-refractivity contribution in [3.63, 3.8) is 0 Å². The molecule has 1 N–H and O–H groups in total. The maximum absolute atomic E-state index is 13.1. The van der Waals surface area contributed by atoms with Crippen LogP contribution in [0.5, 0.6) is 11.5 Å². The lowest BCUT2D eigenvalue weighted by atomic mass is 10.2. The molecule has 9 heteroatoms. The number of anilines is 1. The molecule has 0 aliphatic carbocycles. The van der Waals surface area contributed by atoms with Crippen LogP contribution in [-0.2, 0) is 0 Å². The standard InChI is InChI=1S/C17H13F2N5O2/c1-10-2-3-15(22-6-10)24-17(25)14-5-11(4-13(23-14)16(18)19)26-12-7-20-9-21-8-12/h2-9,16H,1H3,(H,22,24,25). The first-order valence-corrected chi connectivity index (χ1v) is 7.48. The Morgan fingerprint density at radius 3 is 2.54 bits per heavy atom. The fraction of sp³-hybridized carbons (Fsp3) is 0.118. The highest BCUT2D eigenvalue weighted by molar-refractivity contribution is 6.02. The van der Waals surface area contributed by atoms with E-state index >= 15 is 0 Å². The van der Waals surface area contributed by atoms with Gasteiger partial charge in [0.15, 0.2) is 5.75 Å². The summed E-state index contributed by atoms with van der Waals surface area (Å²) in [5, 5.41) is 2.50. The predicted octanol–water partition coefficient (Wildman–Crippen LogP) is 3.56. The van der Waals surface area contributed by atoms with E-state index < -0.39 is 18.0 Å². The average molecular weight is 357 g/mol. The van der Waals surface area contributed by atoms with Crippen molar-refractivity contribution >= 4 is 11.7 Å². The van der Waals surface area contributed by atoms with Crippen molar-refractivity contribution in [1.29, 1.82) is 0 Å². The topological polar surface area (TPSA) is 89.9 Å². The number of aromatic nitrogens is 4. The van der Waals surface area contributed by atoms with Crippen LogP contribution in [0.1, 0.15) is 28.2 Å². The zero-order valence-corrected chi connectivity index (χ0v) is 13.6. The monoisotopic (exact) mass is 357 g/mol. The molecule has 0 atom stereocenters. The minimum absolute atomic E-state index is 0.0205. The lowest BCUT2D eigenvalue weighted by Gasteiger charge is -2.10. The largest absolute Gasteiger partial charge is 0.454 e. The van der Waals surface area contributed by atoms with Crippen molar-refractivity contribution in [3.05, 3.63) is 66.1 Å². The van der Waals surface area contributed by atoms with Crippen LogP contribution in [0, 0.1) is 6.92 Å². The Bertz CT molecular complexity index is 905. The van der Waals surface area contributed by atoms with Crippen molar-refractivity contribution in [2.75, 3.05) is 5.32 Å². The molecule has 1 amide bonds. The van der Waals surface area contributed by atoms with Gasteiger partial charge in [0.1, 0.15) is 29.3 Å². The molecule has 3 aromatic heterocycles. The van der Waals surface area contributed by atoms with E-state index in [0.29, 0.717) is 0 Å². The number of nitrogens with one attached hydrogen (secondary N) is 1. The molecule has 0 aliphatic rings. The molecule has 0 fully saturated rings. The summed E-state index contributed by atoms with van der Waals surface area (Å²) in [6.45, 7) is 1.85. The van der Waals surface area contributed by atoms with Crippen LogP contribution in [0.3, 0.4) is 0 Å². The second-order valence-corrected chi connectivity index (χ2v) is 5.26. The number of halogens is 2. The van der Waals surface area contributed by atoms with Crippen LogP contribution in [0.2, 0.25) is 0 Å². The molecule has 0 bridgehead atoms. The number of carbonyl (C=O) groups excluding carboxylic acids is 1. The Kier molecular flexibility index (Phi) is 5.07. The first-order valence-electron chi connectivity index (χ1n) is 7.48. The summed E-state index contributed by atoms with van der Waals surface area (Å²) in [5.41, 5.74) is 0.111. The van der Waals surface area contributed by atoms with E-state index in [1.165, 1.54) is 24.8 Å². The van der Waals surface area contributed by atoms with Gasteiger partial charge in [-0.15, -0.1) is 0 Å². The summed E-state index contributed by atoms with van der Waals surface area (Å²) in [6.07, 6.45) is 2.74. The van der Waals surface area contributed by atoms with E-state index in [1.807, 2.05) is 6.92 Å². The number of nitrogens with zero attached hydrogens (tertiary/aromatic N) is 4. The highest BCUT2D eigenvalue weighted by atomic mass is 19.3. The van der Waals surface area contributed by atoms with E-state index in [-0.39, 0.29) is 23.0 Å². The maximum atomic E-state index is 13.1. The van der Waals surface area contributed by atoms with E-state index in [9.17, 15) is 13.6 Å². The molecule has 0 saturated carbocycles. The molecule has 26 heavy (non-hydrogen) atoms. The predicted molar refractivity (Wildman–Crippen MR) is 88.2 cm³/mol. The van der Waals surface area contributed by atoms with Crippen molar-refractivity contribution in [3.8, 4) is 11.5 Å². The van der Waals surface area contributed by atoms with E-state index in [4.69, 9.17) is 4.74 Å². The van der Waals surface area contributed by atoms with Gasteiger partial charge >= 0.3 is 0 Å². The highest BCUT2D eigenvalue weighted by Crippen LogP contribution is 2.26. The van der Waals surface area contributed by atoms with Gasteiger partial charge in [0.05, 0.1) is 12.4 Å². The normalized spacial score (nSPS) is 10.6. The third kappa shape index (κ3) is 4.32. The molecule has 3 rings (SSSR count). The Morgan fingerprint density at radius 2 is 1.88 bits per heavy atom. The molecule has 0 unspecified atom stereocenters. The quantitative estimate of drug-likeness (QED) is 0.751. The molecule has 7 nitrogen and oxygen atoms in total. The van der Waals surface area contributed by atoms with Crippen molar-refractivity contribution in [1.82, 2.24) is 19.9 Å². The summed E-state index contributed by atoms with van der Waals surface area (Å²) in [6, 6.07) is 5.67. The van der Waals surface area contributed by atoms with E-state index in [2.05, 4.69) is 25.3 Å². The zero-order valence-electron chi connectivity index (χ0n) is 13.6. The summed E-state index contributed by atoms with van der Waals surface area (Å²) in [7, 11) is 0. The third-order valence-electron chi connectivity index (χ3n) is 3.20. The van der Waals surface area contributed by atoms with Gasteiger partial charge in [-0.3, -0.25) is 4.79 Å².